The van der Waals surface area contributed by atoms with Crippen molar-refractivity contribution in [3.63, 3.8) is 0 Å². The highest BCUT2D eigenvalue weighted by Gasteiger charge is 2.26. The van der Waals surface area contributed by atoms with Crippen LogP contribution < -0.4 is 0 Å². The number of phenolic OH excluding ortho intramolecular Hbond substituents is 1. The van der Waals surface area contributed by atoms with E-state index in [1.54, 1.807) is 23.1 Å². The molecule has 0 radical (unpaired) electrons. The summed E-state index contributed by atoms with van der Waals surface area (Å²) in [5, 5.41) is 18.9. The van der Waals surface area contributed by atoms with E-state index in [2.05, 4.69) is 12.1 Å². The van der Waals surface area contributed by atoms with Crippen molar-refractivity contribution in [1.82, 2.24) is 4.90 Å². The molecule has 0 aromatic heterocycles. The molecule has 1 aliphatic heterocycles. The molecule has 2 aliphatic rings. The fraction of sp³-hybridized carbons (Fsp3) is 0.379. The van der Waals surface area contributed by atoms with Crippen LogP contribution in [0.2, 0.25) is 0 Å². The van der Waals surface area contributed by atoms with E-state index >= 15 is 0 Å². The molecule has 1 amide bonds. The maximum atomic E-state index is 12.5. The third kappa shape index (κ3) is 5.96. The monoisotopic (exact) mass is 459 g/mol. The van der Waals surface area contributed by atoms with Crippen LogP contribution in [0, 0.1) is 5.92 Å². The Balaban J connectivity index is 1.50. The maximum absolute atomic E-state index is 12.5. The number of rotatable bonds is 5. The number of carboxylic acids is 1. The van der Waals surface area contributed by atoms with Crippen molar-refractivity contribution < 1.29 is 19.8 Å². The number of phenols is 1. The first kappa shape index (κ1) is 23.8. The van der Waals surface area contributed by atoms with E-state index in [-0.39, 0.29) is 17.6 Å². The lowest BCUT2D eigenvalue weighted by molar-refractivity contribution is -0.144. The van der Waals surface area contributed by atoms with Crippen molar-refractivity contribution in [2.75, 3.05) is 13.1 Å². The zero-order valence-corrected chi connectivity index (χ0v) is 19.6. The molecule has 1 saturated carbocycles. The molecule has 1 aliphatic carbocycles. The van der Waals surface area contributed by atoms with Gasteiger partial charge in [-0.15, -0.1) is 0 Å². The minimum Gasteiger partial charge on any atom is -0.508 e. The molecule has 2 fully saturated rings. The molecule has 1 saturated heterocycles. The van der Waals surface area contributed by atoms with E-state index < -0.39 is 5.97 Å². The summed E-state index contributed by atoms with van der Waals surface area (Å²) in [5.41, 5.74) is 5.97. The Kier molecular flexibility index (Phi) is 7.84. The van der Waals surface area contributed by atoms with Crippen LogP contribution in [0.5, 0.6) is 5.75 Å². The number of carboxylic acid groups (broad SMARTS) is 1. The number of amides is 1. The van der Waals surface area contributed by atoms with Gasteiger partial charge in [-0.05, 0) is 79.0 Å². The quantitative estimate of drug-likeness (QED) is 0.432. The van der Waals surface area contributed by atoms with Crippen molar-refractivity contribution in [2.24, 2.45) is 5.92 Å². The highest BCUT2D eigenvalue weighted by Crippen LogP contribution is 2.35. The first-order valence-electron chi connectivity index (χ1n) is 12.3. The van der Waals surface area contributed by atoms with Crippen LogP contribution >= 0.6 is 0 Å². The van der Waals surface area contributed by atoms with Crippen LogP contribution in [0.3, 0.4) is 0 Å². The maximum Gasteiger partial charge on any atom is 0.306 e. The fourth-order valence-corrected chi connectivity index (χ4v) is 4.99. The molecule has 0 atom stereocenters. The van der Waals surface area contributed by atoms with Crippen molar-refractivity contribution >= 4 is 23.5 Å². The summed E-state index contributed by atoms with van der Waals surface area (Å²) >= 11 is 0. The fourth-order valence-electron chi connectivity index (χ4n) is 4.99. The number of aromatic hydroxyl groups is 1. The van der Waals surface area contributed by atoms with Gasteiger partial charge in [-0.25, -0.2) is 0 Å². The lowest BCUT2D eigenvalue weighted by atomic mass is 9.89. The number of allylic oxidation sites excluding steroid dienone is 1. The van der Waals surface area contributed by atoms with Crippen LogP contribution in [0.1, 0.15) is 68.1 Å². The highest BCUT2D eigenvalue weighted by molar-refractivity contribution is 5.92. The number of aliphatic carboxylic acids is 1. The van der Waals surface area contributed by atoms with Crippen molar-refractivity contribution in [2.45, 2.75) is 51.4 Å². The van der Waals surface area contributed by atoms with Crippen LogP contribution in [0.25, 0.3) is 11.6 Å². The third-order valence-electron chi connectivity index (χ3n) is 6.99. The minimum atomic E-state index is -0.770. The number of nitrogens with zero attached hydrogens (tertiary/aromatic N) is 1. The molecule has 2 aromatic rings. The molecule has 5 nitrogen and oxygen atoms in total. The Bertz CT molecular complexity index is 1050. The van der Waals surface area contributed by atoms with Gasteiger partial charge < -0.3 is 15.1 Å². The van der Waals surface area contributed by atoms with Gasteiger partial charge in [-0.2, -0.15) is 0 Å². The molecular formula is C29H33NO4. The normalized spacial score (nSPS) is 17.5. The Hall–Kier alpha value is -3.34. The van der Waals surface area contributed by atoms with E-state index in [9.17, 15) is 14.7 Å². The second kappa shape index (κ2) is 11.2. The van der Waals surface area contributed by atoms with Crippen LogP contribution in [-0.4, -0.2) is 40.1 Å². The Morgan fingerprint density at radius 1 is 0.824 bits per heavy atom. The SMILES string of the molecule is O=C(O)C1CCN(C(=O)/C=C/c2ccc(C(=C3CCCCCC3)c3ccc(O)cc3)cc2)CC1. The summed E-state index contributed by atoms with van der Waals surface area (Å²) in [6.07, 6.45) is 11.6. The van der Waals surface area contributed by atoms with Crippen LogP contribution in [0.15, 0.2) is 60.2 Å². The summed E-state index contributed by atoms with van der Waals surface area (Å²) in [7, 11) is 0. The summed E-state index contributed by atoms with van der Waals surface area (Å²) in [4.78, 5) is 25.4. The summed E-state index contributed by atoms with van der Waals surface area (Å²) in [6, 6.07) is 15.8. The lowest BCUT2D eigenvalue weighted by Crippen LogP contribution is -2.39. The topological polar surface area (TPSA) is 77.8 Å². The number of carbonyl (C=O) groups is 2. The molecule has 2 N–H and O–H groups in total. The molecule has 34 heavy (non-hydrogen) atoms. The number of likely N-dealkylation sites (tertiary alicyclic amines) is 1. The van der Waals surface area contributed by atoms with Crippen molar-refractivity contribution in [3.05, 3.63) is 76.9 Å². The smallest absolute Gasteiger partial charge is 0.306 e. The van der Waals surface area contributed by atoms with Gasteiger partial charge in [0.25, 0.3) is 0 Å². The van der Waals surface area contributed by atoms with E-state index in [0.717, 1.165) is 29.5 Å². The van der Waals surface area contributed by atoms with E-state index in [0.29, 0.717) is 25.9 Å². The zero-order chi connectivity index (χ0) is 23.9. The molecule has 4 rings (SSSR count). The van der Waals surface area contributed by atoms with Gasteiger partial charge in [-0.1, -0.05) is 54.8 Å². The zero-order valence-electron chi connectivity index (χ0n) is 19.6. The summed E-state index contributed by atoms with van der Waals surface area (Å²) < 4.78 is 0. The Morgan fingerprint density at radius 2 is 1.38 bits per heavy atom. The predicted molar refractivity (Wildman–Crippen MR) is 134 cm³/mol. The molecule has 2 aromatic carbocycles. The van der Waals surface area contributed by atoms with Gasteiger partial charge in [0.2, 0.25) is 5.91 Å². The average molecular weight is 460 g/mol. The second-order valence-corrected chi connectivity index (χ2v) is 9.33. The number of hydrogen-bond acceptors (Lipinski definition) is 3. The van der Waals surface area contributed by atoms with E-state index in [4.69, 9.17) is 5.11 Å². The minimum absolute atomic E-state index is 0.0710. The number of hydrogen-bond donors (Lipinski definition) is 2. The highest BCUT2D eigenvalue weighted by atomic mass is 16.4. The second-order valence-electron chi connectivity index (χ2n) is 9.33. The number of benzene rings is 2. The molecule has 0 spiro atoms. The van der Waals surface area contributed by atoms with Gasteiger partial charge >= 0.3 is 5.97 Å². The first-order valence-corrected chi connectivity index (χ1v) is 12.3. The van der Waals surface area contributed by atoms with Gasteiger partial charge in [0.15, 0.2) is 0 Å². The third-order valence-corrected chi connectivity index (χ3v) is 6.99. The predicted octanol–water partition coefficient (Wildman–Crippen LogP) is 5.88. The average Bonchev–Trinajstić information content (AvgIpc) is 3.14. The Labute approximate surface area is 201 Å². The summed E-state index contributed by atoms with van der Waals surface area (Å²) in [6.45, 7) is 0.977. The van der Waals surface area contributed by atoms with E-state index in [1.807, 2.05) is 30.3 Å². The molecule has 5 heteroatoms. The molecule has 1 heterocycles. The van der Waals surface area contributed by atoms with Crippen LogP contribution in [0.4, 0.5) is 0 Å². The van der Waals surface area contributed by atoms with E-state index in [1.165, 1.54) is 36.8 Å². The van der Waals surface area contributed by atoms with Crippen LogP contribution in [-0.2, 0) is 9.59 Å². The largest absolute Gasteiger partial charge is 0.508 e. The van der Waals surface area contributed by atoms with Gasteiger partial charge in [0.1, 0.15) is 5.75 Å². The number of carbonyl (C=O) groups excluding carboxylic acids is 1. The molecule has 0 bridgehead atoms. The van der Waals surface area contributed by atoms with Gasteiger partial charge in [-0.3, -0.25) is 9.59 Å². The molecular weight excluding hydrogens is 426 g/mol. The van der Waals surface area contributed by atoms with Gasteiger partial charge in [0.05, 0.1) is 5.92 Å². The molecule has 178 valence electrons. The summed E-state index contributed by atoms with van der Waals surface area (Å²) in [5.74, 6) is -0.913. The Morgan fingerprint density at radius 3 is 1.94 bits per heavy atom. The molecule has 0 unspecified atom stereocenters. The van der Waals surface area contributed by atoms with Crippen molar-refractivity contribution in [1.29, 1.82) is 0 Å². The standard InChI is InChI=1S/C29H33NO4/c31-26-14-12-24(13-15-26)28(22-5-3-1-2-4-6-22)23-10-7-21(8-11-23)9-16-27(32)30-19-17-25(18-20-30)29(33)34/h7-16,25,31H,1-6,17-20H2,(H,33,34)/b16-9+. The first-order chi connectivity index (χ1) is 16.5. The number of piperidine rings is 1. The van der Waals surface area contributed by atoms with Gasteiger partial charge in [0, 0.05) is 19.2 Å². The lowest BCUT2D eigenvalue weighted by Gasteiger charge is -2.29. The van der Waals surface area contributed by atoms with Crippen molar-refractivity contribution in [3.8, 4) is 5.75 Å².